The maximum absolute atomic E-state index is 13.9. The topological polar surface area (TPSA) is 65.5 Å². The van der Waals surface area contributed by atoms with Crippen molar-refractivity contribution in [3.05, 3.63) is 58.4 Å². The van der Waals surface area contributed by atoms with Gasteiger partial charge >= 0.3 is 0 Å². The molecule has 2 aromatic rings. The van der Waals surface area contributed by atoms with E-state index in [9.17, 15) is 18.4 Å². The zero-order valence-corrected chi connectivity index (χ0v) is 11.4. The number of ketones is 2. The standard InChI is InChI=1S/C15H9F2NO4/c1-21-6-22-10-5-18-4-7-11(10)15(20)13-9(17)3-2-8(16)12(13)14(7)19/h2-5H,6H2,1H3. The summed E-state index contributed by atoms with van der Waals surface area (Å²) in [5.74, 6) is -3.57. The Kier molecular flexibility index (Phi) is 3.42. The van der Waals surface area contributed by atoms with Crippen LogP contribution in [0.1, 0.15) is 31.8 Å². The molecule has 7 heteroatoms. The van der Waals surface area contributed by atoms with Crippen molar-refractivity contribution in [1.82, 2.24) is 4.98 Å². The highest BCUT2D eigenvalue weighted by Gasteiger charge is 2.37. The molecule has 0 amide bonds. The first-order valence-corrected chi connectivity index (χ1v) is 6.23. The summed E-state index contributed by atoms with van der Waals surface area (Å²) in [6.45, 7) is -0.182. The summed E-state index contributed by atoms with van der Waals surface area (Å²) in [4.78, 5) is 28.7. The van der Waals surface area contributed by atoms with Crippen LogP contribution in [-0.4, -0.2) is 30.5 Å². The Bertz CT molecular complexity index is 804. The highest BCUT2D eigenvalue weighted by molar-refractivity contribution is 6.29. The van der Waals surface area contributed by atoms with Crippen LogP contribution in [0.25, 0.3) is 0 Å². The van der Waals surface area contributed by atoms with Gasteiger partial charge in [0.2, 0.25) is 5.78 Å². The van der Waals surface area contributed by atoms with E-state index in [2.05, 4.69) is 4.98 Å². The van der Waals surface area contributed by atoms with Crippen LogP contribution < -0.4 is 4.74 Å². The number of carbonyl (C=O) groups is 2. The van der Waals surface area contributed by atoms with Gasteiger partial charge in [-0.2, -0.15) is 0 Å². The summed E-state index contributed by atoms with van der Waals surface area (Å²) in [7, 11) is 1.38. The number of hydrogen-bond donors (Lipinski definition) is 0. The Balaban J connectivity index is 2.25. The molecule has 0 atom stereocenters. The molecule has 3 rings (SSSR count). The van der Waals surface area contributed by atoms with Crippen LogP contribution in [0.5, 0.6) is 5.75 Å². The van der Waals surface area contributed by atoms with Crippen molar-refractivity contribution in [2.24, 2.45) is 0 Å². The van der Waals surface area contributed by atoms with Gasteiger partial charge in [0.25, 0.3) is 0 Å². The van der Waals surface area contributed by atoms with Crippen LogP contribution in [0, 0.1) is 11.6 Å². The molecular formula is C15H9F2NO4. The minimum atomic E-state index is -0.963. The van der Waals surface area contributed by atoms with Gasteiger partial charge in [0.15, 0.2) is 18.3 Å². The lowest BCUT2D eigenvalue weighted by atomic mass is 9.84. The van der Waals surface area contributed by atoms with Crippen LogP contribution in [0.3, 0.4) is 0 Å². The number of aromatic nitrogens is 1. The van der Waals surface area contributed by atoms with E-state index >= 15 is 0 Å². The average molecular weight is 305 g/mol. The maximum atomic E-state index is 13.9. The molecule has 0 bridgehead atoms. The van der Waals surface area contributed by atoms with Crippen LogP contribution in [-0.2, 0) is 4.74 Å². The van der Waals surface area contributed by atoms with E-state index in [0.29, 0.717) is 0 Å². The zero-order chi connectivity index (χ0) is 15.9. The monoisotopic (exact) mass is 305 g/mol. The fourth-order valence-electron chi connectivity index (χ4n) is 2.34. The van der Waals surface area contributed by atoms with Gasteiger partial charge < -0.3 is 9.47 Å². The summed E-state index contributed by atoms with van der Waals surface area (Å²) < 4.78 is 37.7. The average Bonchev–Trinajstić information content (AvgIpc) is 2.52. The first kappa shape index (κ1) is 14.3. The Hall–Kier alpha value is -2.67. The molecule has 0 saturated carbocycles. The van der Waals surface area contributed by atoms with E-state index in [1.807, 2.05) is 0 Å². The summed E-state index contributed by atoms with van der Waals surface area (Å²) in [5, 5.41) is 0. The van der Waals surface area contributed by atoms with Gasteiger partial charge in [-0.1, -0.05) is 0 Å². The first-order chi connectivity index (χ1) is 10.6. The van der Waals surface area contributed by atoms with Crippen LogP contribution in [0.15, 0.2) is 24.5 Å². The minimum Gasteiger partial charge on any atom is -0.465 e. The molecule has 1 aliphatic rings. The predicted octanol–water partition coefficient (Wildman–Crippen LogP) is 2.12. The molecule has 22 heavy (non-hydrogen) atoms. The number of rotatable bonds is 3. The van der Waals surface area contributed by atoms with Gasteiger partial charge in [0, 0.05) is 13.3 Å². The molecule has 0 radical (unpaired) electrons. The molecule has 1 aromatic carbocycles. The smallest absolute Gasteiger partial charge is 0.201 e. The Labute approximate surface area is 123 Å². The lowest BCUT2D eigenvalue weighted by Gasteiger charge is -2.20. The number of halogens is 2. The number of methoxy groups -OCH3 is 1. The van der Waals surface area contributed by atoms with Crippen molar-refractivity contribution in [2.45, 2.75) is 0 Å². The summed E-state index contributed by atoms with van der Waals surface area (Å²) in [6.07, 6.45) is 2.34. The van der Waals surface area contributed by atoms with Gasteiger partial charge in [-0.25, -0.2) is 8.78 Å². The van der Waals surface area contributed by atoms with E-state index < -0.39 is 34.3 Å². The van der Waals surface area contributed by atoms with Gasteiger partial charge in [0.05, 0.1) is 28.5 Å². The zero-order valence-electron chi connectivity index (χ0n) is 11.4. The Morgan fingerprint density at radius 3 is 2.27 bits per heavy atom. The van der Waals surface area contributed by atoms with Crippen LogP contribution in [0.4, 0.5) is 8.78 Å². The van der Waals surface area contributed by atoms with Crippen molar-refractivity contribution in [1.29, 1.82) is 0 Å². The summed E-state index contributed by atoms with van der Waals surface area (Å²) in [5.41, 5.74) is -1.45. The number of benzene rings is 1. The number of pyridine rings is 1. The Morgan fingerprint density at radius 1 is 1.00 bits per heavy atom. The molecule has 0 N–H and O–H groups in total. The Morgan fingerprint density at radius 2 is 1.64 bits per heavy atom. The molecule has 1 heterocycles. The van der Waals surface area contributed by atoms with E-state index in [0.717, 1.165) is 18.3 Å². The molecule has 0 saturated heterocycles. The third kappa shape index (κ3) is 1.98. The number of nitrogens with zero attached hydrogens (tertiary/aromatic N) is 1. The van der Waals surface area contributed by atoms with Crippen LogP contribution in [0.2, 0.25) is 0 Å². The van der Waals surface area contributed by atoms with Crippen molar-refractivity contribution >= 4 is 11.6 Å². The summed E-state index contributed by atoms with van der Waals surface area (Å²) >= 11 is 0. The largest absolute Gasteiger partial charge is 0.465 e. The highest BCUT2D eigenvalue weighted by Crippen LogP contribution is 2.34. The first-order valence-electron chi connectivity index (χ1n) is 6.23. The SMILES string of the molecule is COCOc1cncc2c1C(=O)c1c(F)ccc(F)c1C2=O. The molecule has 0 aliphatic heterocycles. The molecule has 1 aromatic heterocycles. The van der Waals surface area contributed by atoms with Gasteiger partial charge in [0.1, 0.15) is 11.6 Å². The number of fused-ring (bicyclic) bond motifs is 2. The van der Waals surface area contributed by atoms with Crippen molar-refractivity contribution in [3.63, 3.8) is 0 Å². The number of ether oxygens (including phenoxy) is 2. The molecule has 0 spiro atoms. The van der Waals surface area contributed by atoms with E-state index in [1.54, 1.807) is 0 Å². The van der Waals surface area contributed by atoms with Crippen molar-refractivity contribution < 1.29 is 27.8 Å². The second-order valence-corrected chi connectivity index (χ2v) is 4.55. The highest BCUT2D eigenvalue weighted by atomic mass is 19.1. The van der Waals surface area contributed by atoms with Crippen LogP contribution >= 0.6 is 0 Å². The fraction of sp³-hybridized carbons (Fsp3) is 0.133. The summed E-state index contributed by atoms with van der Waals surface area (Å²) in [6, 6.07) is 1.62. The maximum Gasteiger partial charge on any atom is 0.201 e. The molecule has 0 unspecified atom stereocenters. The fourth-order valence-corrected chi connectivity index (χ4v) is 2.34. The lowest BCUT2D eigenvalue weighted by molar-refractivity contribution is 0.0498. The quantitative estimate of drug-likeness (QED) is 0.693. The normalized spacial score (nSPS) is 12.9. The molecular weight excluding hydrogens is 296 g/mol. The predicted molar refractivity (Wildman–Crippen MR) is 70.0 cm³/mol. The third-order valence-corrected chi connectivity index (χ3v) is 3.27. The molecule has 1 aliphatic carbocycles. The van der Waals surface area contributed by atoms with Gasteiger partial charge in [-0.15, -0.1) is 0 Å². The molecule has 112 valence electrons. The van der Waals surface area contributed by atoms with Crippen molar-refractivity contribution in [2.75, 3.05) is 13.9 Å². The van der Waals surface area contributed by atoms with E-state index in [-0.39, 0.29) is 23.7 Å². The van der Waals surface area contributed by atoms with Gasteiger partial charge in [-0.05, 0) is 12.1 Å². The number of carbonyl (C=O) groups excluding carboxylic acids is 2. The minimum absolute atomic E-state index is 0.0213. The second-order valence-electron chi connectivity index (χ2n) is 4.55. The third-order valence-electron chi connectivity index (χ3n) is 3.27. The number of hydrogen-bond acceptors (Lipinski definition) is 5. The molecule has 5 nitrogen and oxygen atoms in total. The second kappa shape index (κ2) is 5.27. The van der Waals surface area contributed by atoms with Crippen molar-refractivity contribution in [3.8, 4) is 5.75 Å². The lowest BCUT2D eigenvalue weighted by Crippen LogP contribution is -2.25. The molecule has 0 fully saturated rings. The van der Waals surface area contributed by atoms with E-state index in [1.165, 1.54) is 13.3 Å². The van der Waals surface area contributed by atoms with Gasteiger partial charge in [-0.3, -0.25) is 14.6 Å². The van der Waals surface area contributed by atoms with E-state index in [4.69, 9.17) is 9.47 Å².